The molecule has 0 radical (unpaired) electrons. The molecule has 33 heavy (non-hydrogen) atoms. The van der Waals surface area contributed by atoms with Crippen molar-refractivity contribution in [3.8, 4) is 5.75 Å². The highest BCUT2D eigenvalue weighted by Gasteiger charge is 2.34. The molecule has 0 bridgehead atoms. The molecule has 0 aliphatic rings. The Balaban J connectivity index is 1.91. The maximum Gasteiger partial charge on any atom is 0.338 e. The molecule has 0 saturated carbocycles. The highest BCUT2D eigenvalue weighted by Crippen LogP contribution is 2.29. The Morgan fingerprint density at radius 3 is 2.18 bits per heavy atom. The summed E-state index contributed by atoms with van der Waals surface area (Å²) in [6, 6.07) is 13.8. The van der Waals surface area contributed by atoms with Crippen LogP contribution in [0, 0.1) is 0 Å². The van der Waals surface area contributed by atoms with Gasteiger partial charge in [-0.1, -0.05) is 53.9 Å². The summed E-state index contributed by atoms with van der Waals surface area (Å²) < 4.78 is 8.51. The first-order valence-electron chi connectivity index (χ1n) is 10.0. The van der Waals surface area contributed by atoms with Gasteiger partial charge in [0.1, 0.15) is 11.9 Å². The van der Waals surface area contributed by atoms with Gasteiger partial charge in [0.15, 0.2) is 11.7 Å². The average molecular weight is 533 g/mol. The summed E-state index contributed by atoms with van der Waals surface area (Å²) in [6.45, 7) is 3.78. The van der Waals surface area contributed by atoms with E-state index in [1.807, 2.05) is 19.1 Å². The number of hydrogen-bond donors (Lipinski definition) is 3. The number of hydrogen-bond acceptors (Lipinski definition) is 5. The largest absolute Gasteiger partial charge is 0.484 e. The number of aryl methyl sites for hydroxylation is 1. The van der Waals surface area contributed by atoms with E-state index in [9.17, 15) is 9.59 Å². The van der Waals surface area contributed by atoms with Crippen molar-refractivity contribution in [2.45, 2.75) is 30.2 Å². The number of carbonyl (C=O) groups is 2. The minimum absolute atomic E-state index is 0.0894. The zero-order valence-corrected chi connectivity index (χ0v) is 21.1. The molecule has 3 N–H and O–H groups in total. The molecular formula is C22H24Cl3N3O4S. The lowest BCUT2D eigenvalue weighted by Crippen LogP contribution is -2.56. The van der Waals surface area contributed by atoms with Gasteiger partial charge in [-0.2, -0.15) is 0 Å². The van der Waals surface area contributed by atoms with Gasteiger partial charge in [-0.15, -0.1) is 0 Å². The molecule has 0 heterocycles. The molecule has 1 amide bonds. The van der Waals surface area contributed by atoms with Crippen LogP contribution in [0.15, 0.2) is 48.5 Å². The molecule has 0 saturated heterocycles. The van der Waals surface area contributed by atoms with Crippen LogP contribution in [0.3, 0.4) is 0 Å². The minimum Gasteiger partial charge on any atom is -0.484 e. The van der Waals surface area contributed by atoms with Crippen molar-refractivity contribution in [3.63, 3.8) is 0 Å². The van der Waals surface area contributed by atoms with Gasteiger partial charge < -0.3 is 25.4 Å². The lowest BCUT2D eigenvalue weighted by atomic mass is 10.2. The van der Waals surface area contributed by atoms with Crippen LogP contribution in [0.4, 0.5) is 5.69 Å². The second-order valence-electron chi connectivity index (χ2n) is 6.72. The third-order valence-electron chi connectivity index (χ3n) is 4.26. The summed E-state index contributed by atoms with van der Waals surface area (Å²) in [5, 5.41) is 8.28. The number of carbonyl (C=O) groups excluding carboxylic acids is 2. The van der Waals surface area contributed by atoms with Crippen LogP contribution in [0.25, 0.3) is 0 Å². The van der Waals surface area contributed by atoms with Crippen LogP contribution in [0.5, 0.6) is 5.75 Å². The molecule has 0 aromatic heterocycles. The Hall–Kier alpha value is -2.26. The van der Waals surface area contributed by atoms with Crippen molar-refractivity contribution in [2.24, 2.45) is 0 Å². The second kappa shape index (κ2) is 12.8. The lowest BCUT2D eigenvalue weighted by Gasteiger charge is -2.27. The number of benzene rings is 2. The summed E-state index contributed by atoms with van der Waals surface area (Å²) in [6.07, 6.45) is -0.235. The Kier molecular flexibility index (Phi) is 10.5. The van der Waals surface area contributed by atoms with E-state index in [0.29, 0.717) is 17.0 Å². The third-order valence-corrected chi connectivity index (χ3v) is 5.14. The molecule has 0 spiro atoms. The number of amides is 1. The molecule has 178 valence electrons. The standard InChI is InChI=1S/C22H24Cl3N3O4S/c1-3-14-5-11-17(12-6-14)32-13-18(29)27-20(22(23,24)25)28-21(33)26-16-9-7-15(8-10-16)19(30)31-4-2/h5-12,20H,3-4,13H2,1-2H3,(H,27,29)(H2,26,28,33). The fraction of sp³-hybridized carbons (Fsp3) is 0.318. The van der Waals surface area contributed by atoms with Gasteiger partial charge in [0.05, 0.1) is 12.2 Å². The molecule has 0 fully saturated rings. The van der Waals surface area contributed by atoms with E-state index in [1.165, 1.54) is 0 Å². The van der Waals surface area contributed by atoms with E-state index in [1.54, 1.807) is 43.3 Å². The van der Waals surface area contributed by atoms with E-state index in [2.05, 4.69) is 16.0 Å². The van der Waals surface area contributed by atoms with Crippen LogP contribution in [0.2, 0.25) is 0 Å². The molecular weight excluding hydrogens is 509 g/mol. The Morgan fingerprint density at radius 2 is 1.64 bits per heavy atom. The Morgan fingerprint density at radius 1 is 1.00 bits per heavy atom. The van der Waals surface area contributed by atoms with Crippen LogP contribution in [-0.2, 0) is 16.0 Å². The molecule has 11 heteroatoms. The van der Waals surface area contributed by atoms with E-state index in [0.717, 1.165) is 12.0 Å². The van der Waals surface area contributed by atoms with Crippen LogP contribution in [-0.4, -0.2) is 40.2 Å². The number of halogens is 3. The first-order chi connectivity index (χ1) is 15.6. The number of anilines is 1. The quantitative estimate of drug-likeness (QED) is 0.188. The lowest BCUT2D eigenvalue weighted by molar-refractivity contribution is -0.123. The van der Waals surface area contributed by atoms with Crippen molar-refractivity contribution in [3.05, 3.63) is 59.7 Å². The molecule has 0 aliphatic carbocycles. The van der Waals surface area contributed by atoms with Crippen LogP contribution in [0.1, 0.15) is 29.8 Å². The van der Waals surface area contributed by atoms with Crippen molar-refractivity contribution < 1.29 is 19.1 Å². The monoisotopic (exact) mass is 531 g/mol. The first-order valence-corrected chi connectivity index (χ1v) is 11.6. The van der Waals surface area contributed by atoms with Crippen molar-refractivity contribution in [1.29, 1.82) is 0 Å². The fourth-order valence-corrected chi connectivity index (χ4v) is 3.14. The zero-order valence-electron chi connectivity index (χ0n) is 18.0. The van der Waals surface area contributed by atoms with Gasteiger partial charge in [0.25, 0.3) is 5.91 Å². The van der Waals surface area contributed by atoms with Crippen molar-refractivity contribution in [2.75, 3.05) is 18.5 Å². The van der Waals surface area contributed by atoms with E-state index >= 15 is 0 Å². The molecule has 1 unspecified atom stereocenters. The zero-order chi connectivity index (χ0) is 24.4. The predicted molar refractivity (Wildman–Crippen MR) is 135 cm³/mol. The Labute approximate surface area is 213 Å². The minimum atomic E-state index is -1.90. The maximum absolute atomic E-state index is 12.3. The number of esters is 1. The summed E-state index contributed by atoms with van der Waals surface area (Å²) in [5.41, 5.74) is 2.13. The fourth-order valence-electron chi connectivity index (χ4n) is 2.58. The highest BCUT2D eigenvalue weighted by molar-refractivity contribution is 7.80. The van der Waals surface area contributed by atoms with Crippen molar-refractivity contribution >= 4 is 69.7 Å². The van der Waals surface area contributed by atoms with Gasteiger partial charge in [-0.3, -0.25) is 4.79 Å². The second-order valence-corrected chi connectivity index (χ2v) is 9.50. The van der Waals surface area contributed by atoms with E-state index < -0.39 is 21.8 Å². The predicted octanol–water partition coefficient (Wildman–Crippen LogP) is 4.60. The van der Waals surface area contributed by atoms with Gasteiger partial charge in [-0.05, 0) is 67.5 Å². The maximum atomic E-state index is 12.3. The van der Waals surface area contributed by atoms with E-state index in [-0.39, 0.29) is 18.3 Å². The third kappa shape index (κ3) is 9.25. The van der Waals surface area contributed by atoms with Gasteiger partial charge in [0.2, 0.25) is 3.79 Å². The molecule has 0 aliphatic heterocycles. The number of ether oxygens (including phenoxy) is 2. The number of thiocarbonyl (C=S) groups is 1. The summed E-state index contributed by atoms with van der Waals surface area (Å²) in [5.74, 6) is -0.392. The molecule has 2 aromatic carbocycles. The molecule has 7 nitrogen and oxygen atoms in total. The van der Waals surface area contributed by atoms with E-state index in [4.69, 9.17) is 56.5 Å². The topological polar surface area (TPSA) is 88.7 Å². The number of alkyl halides is 3. The van der Waals surface area contributed by atoms with Gasteiger partial charge >= 0.3 is 5.97 Å². The summed E-state index contributed by atoms with van der Waals surface area (Å²) in [7, 11) is 0. The highest BCUT2D eigenvalue weighted by atomic mass is 35.6. The van der Waals surface area contributed by atoms with Gasteiger partial charge in [0, 0.05) is 5.69 Å². The normalized spacial score (nSPS) is 11.8. The van der Waals surface area contributed by atoms with Crippen molar-refractivity contribution in [1.82, 2.24) is 10.6 Å². The first kappa shape index (κ1) is 27.0. The SMILES string of the molecule is CCOC(=O)c1ccc(NC(=S)NC(NC(=O)COc2ccc(CC)cc2)C(Cl)(Cl)Cl)cc1. The Bertz CT molecular complexity index is 951. The smallest absolute Gasteiger partial charge is 0.338 e. The summed E-state index contributed by atoms with van der Waals surface area (Å²) >= 11 is 23.3. The molecule has 1 atom stereocenters. The molecule has 2 aromatic rings. The van der Waals surface area contributed by atoms with Crippen LogP contribution >= 0.6 is 47.0 Å². The number of rotatable bonds is 9. The summed E-state index contributed by atoms with van der Waals surface area (Å²) in [4.78, 5) is 24.1. The molecule has 2 rings (SSSR count). The van der Waals surface area contributed by atoms with Gasteiger partial charge in [-0.25, -0.2) is 4.79 Å². The average Bonchev–Trinajstić information content (AvgIpc) is 2.77. The number of nitrogens with one attached hydrogen (secondary N) is 3. The van der Waals surface area contributed by atoms with Crippen LogP contribution < -0.4 is 20.7 Å².